The first kappa shape index (κ1) is 23.7. The van der Waals surface area contributed by atoms with Gasteiger partial charge in [-0.2, -0.15) is 0 Å². The van der Waals surface area contributed by atoms with Crippen LogP contribution in [0.5, 0.6) is 0 Å². The Hall–Kier alpha value is -5.04. The first-order valence-corrected chi connectivity index (χ1v) is 11.8. The molecule has 0 spiro atoms. The summed E-state index contributed by atoms with van der Waals surface area (Å²) in [5, 5.41) is 4.46. The third-order valence-electron chi connectivity index (χ3n) is 5.74. The molecule has 3 heterocycles. The molecule has 0 amide bonds. The molecule has 0 atom stereocenters. The number of amidine groups is 1. The third kappa shape index (κ3) is 5.31. The van der Waals surface area contributed by atoms with Gasteiger partial charge in [0.05, 0.1) is 23.1 Å². The minimum absolute atomic E-state index is 0.525. The largest absolute Gasteiger partial charge is 0.364 e. The highest BCUT2D eigenvalue weighted by Crippen LogP contribution is 2.34. The minimum Gasteiger partial charge on any atom is -0.364 e. The second-order valence-corrected chi connectivity index (χ2v) is 8.16. The molecule has 7 heteroatoms. The maximum Gasteiger partial charge on any atom is 0.163 e. The molecule has 0 bridgehead atoms. The number of pyridine rings is 2. The molecule has 5 rings (SSSR count). The van der Waals surface area contributed by atoms with E-state index < -0.39 is 0 Å². The summed E-state index contributed by atoms with van der Waals surface area (Å²) in [7, 11) is 1.69. The summed E-state index contributed by atoms with van der Waals surface area (Å²) in [5.41, 5.74) is 5.43. The lowest BCUT2D eigenvalue weighted by atomic mass is 10.0. The maximum absolute atomic E-state index is 4.98. The van der Waals surface area contributed by atoms with Crippen LogP contribution in [0.2, 0.25) is 0 Å². The molecule has 0 aliphatic heterocycles. The fraction of sp³-hybridized carbons (Fsp3) is 0.0667. The van der Waals surface area contributed by atoms with Crippen LogP contribution in [0.1, 0.15) is 11.3 Å². The van der Waals surface area contributed by atoms with Crippen LogP contribution in [0.3, 0.4) is 0 Å². The molecule has 0 saturated carbocycles. The molecular weight excluding hydrogens is 458 g/mol. The lowest BCUT2D eigenvalue weighted by molar-refractivity contribution is 1.03. The van der Waals surface area contributed by atoms with Crippen molar-refractivity contribution in [3.63, 3.8) is 0 Å². The molecular formula is C30H25N7. The number of aromatic nitrogens is 4. The Bertz CT molecular complexity index is 1590. The van der Waals surface area contributed by atoms with Gasteiger partial charge < -0.3 is 5.32 Å². The first-order valence-electron chi connectivity index (χ1n) is 11.8. The van der Waals surface area contributed by atoms with Gasteiger partial charge in [0.1, 0.15) is 5.82 Å². The Labute approximate surface area is 215 Å². The number of fused-ring (bicyclic) bond motifs is 1. The van der Waals surface area contributed by atoms with E-state index in [1.807, 2.05) is 54.6 Å². The van der Waals surface area contributed by atoms with Gasteiger partial charge >= 0.3 is 0 Å². The number of nitrogens with zero attached hydrogens (tertiary/aromatic N) is 6. The van der Waals surface area contributed by atoms with Gasteiger partial charge in [-0.1, -0.05) is 61.2 Å². The zero-order valence-electron chi connectivity index (χ0n) is 20.4. The highest BCUT2D eigenvalue weighted by Gasteiger charge is 2.15. The number of anilines is 1. The van der Waals surface area contributed by atoms with Crippen molar-refractivity contribution in [3.05, 3.63) is 115 Å². The predicted molar refractivity (Wildman–Crippen MR) is 151 cm³/mol. The third-order valence-corrected chi connectivity index (χ3v) is 5.74. The quantitative estimate of drug-likeness (QED) is 0.227. The van der Waals surface area contributed by atoms with Gasteiger partial charge in [0.2, 0.25) is 0 Å². The van der Waals surface area contributed by atoms with Crippen molar-refractivity contribution in [3.8, 4) is 22.5 Å². The number of hydrogen-bond acceptors (Lipinski definition) is 6. The van der Waals surface area contributed by atoms with E-state index in [1.54, 1.807) is 37.9 Å². The molecule has 5 aromatic rings. The average molecular weight is 484 g/mol. The van der Waals surface area contributed by atoms with E-state index >= 15 is 0 Å². The number of nitrogens with one attached hydrogen (secondary N) is 1. The van der Waals surface area contributed by atoms with Crippen molar-refractivity contribution in [1.29, 1.82) is 0 Å². The van der Waals surface area contributed by atoms with Crippen molar-refractivity contribution >= 4 is 28.8 Å². The summed E-state index contributed by atoms with van der Waals surface area (Å²) in [4.78, 5) is 27.4. The maximum atomic E-state index is 4.98. The van der Waals surface area contributed by atoms with Crippen molar-refractivity contribution < 1.29 is 0 Å². The SMILES string of the molecule is C=C/C=N\C(=N/C)c1cncc(-c2nc(NCc3ccccn3)c3c(-c4ccccc4)cccc3n2)c1. The highest BCUT2D eigenvalue weighted by molar-refractivity contribution is 6.05. The van der Waals surface area contributed by atoms with Gasteiger partial charge in [0.25, 0.3) is 0 Å². The molecule has 180 valence electrons. The van der Waals surface area contributed by atoms with Crippen molar-refractivity contribution in [2.75, 3.05) is 12.4 Å². The molecule has 2 aromatic carbocycles. The van der Waals surface area contributed by atoms with Crippen LogP contribution >= 0.6 is 0 Å². The minimum atomic E-state index is 0.525. The fourth-order valence-corrected chi connectivity index (χ4v) is 4.04. The summed E-state index contributed by atoms with van der Waals surface area (Å²) in [6.07, 6.45) is 8.47. The number of allylic oxidation sites excluding steroid dienone is 1. The van der Waals surface area contributed by atoms with Gasteiger partial charge in [-0.25, -0.2) is 15.0 Å². The Kier molecular flexibility index (Phi) is 7.13. The fourth-order valence-electron chi connectivity index (χ4n) is 4.04. The Morgan fingerprint density at radius 3 is 2.59 bits per heavy atom. The molecule has 7 nitrogen and oxygen atoms in total. The number of hydrogen-bond donors (Lipinski definition) is 1. The molecule has 37 heavy (non-hydrogen) atoms. The van der Waals surface area contributed by atoms with Crippen LogP contribution in [0.4, 0.5) is 5.82 Å². The van der Waals surface area contributed by atoms with Crippen LogP contribution in [0, 0.1) is 0 Å². The summed E-state index contributed by atoms with van der Waals surface area (Å²) in [6, 6.07) is 24.2. The van der Waals surface area contributed by atoms with Crippen LogP contribution in [0.15, 0.2) is 114 Å². The number of benzene rings is 2. The number of rotatable bonds is 7. The van der Waals surface area contributed by atoms with Crippen LogP contribution < -0.4 is 5.32 Å². The number of aliphatic imine (C=N–C) groups is 2. The van der Waals surface area contributed by atoms with E-state index in [0.29, 0.717) is 18.2 Å². The summed E-state index contributed by atoms with van der Waals surface area (Å²) >= 11 is 0. The average Bonchev–Trinajstić information content (AvgIpc) is 2.97. The molecule has 0 aliphatic rings. The second-order valence-electron chi connectivity index (χ2n) is 8.16. The Morgan fingerprint density at radius 1 is 0.946 bits per heavy atom. The van der Waals surface area contributed by atoms with Gasteiger partial charge in [0, 0.05) is 43.0 Å². The van der Waals surface area contributed by atoms with Crippen molar-refractivity contribution in [2.45, 2.75) is 6.54 Å². The van der Waals surface area contributed by atoms with E-state index in [2.05, 4.69) is 50.0 Å². The first-order chi connectivity index (χ1) is 18.3. The molecule has 0 saturated heterocycles. The van der Waals surface area contributed by atoms with Crippen LogP contribution in [0.25, 0.3) is 33.4 Å². The van der Waals surface area contributed by atoms with Crippen molar-refractivity contribution in [1.82, 2.24) is 19.9 Å². The lowest BCUT2D eigenvalue weighted by Gasteiger charge is -2.14. The topological polar surface area (TPSA) is 88.3 Å². The van der Waals surface area contributed by atoms with E-state index in [1.165, 1.54) is 0 Å². The highest BCUT2D eigenvalue weighted by atomic mass is 15.0. The summed E-state index contributed by atoms with van der Waals surface area (Å²) in [5.74, 6) is 1.83. The van der Waals surface area contributed by atoms with E-state index in [4.69, 9.17) is 9.97 Å². The zero-order chi connectivity index (χ0) is 25.5. The van der Waals surface area contributed by atoms with Gasteiger partial charge in [-0.3, -0.25) is 15.0 Å². The Morgan fingerprint density at radius 2 is 1.81 bits per heavy atom. The predicted octanol–water partition coefficient (Wildman–Crippen LogP) is 6.00. The van der Waals surface area contributed by atoms with Gasteiger partial charge in [-0.05, 0) is 35.4 Å². The second kappa shape index (κ2) is 11.1. The van der Waals surface area contributed by atoms with E-state index in [9.17, 15) is 0 Å². The summed E-state index contributed by atoms with van der Waals surface area (Å²) < 4.78 is 0. The van der Waals surface area contributed by atoms with Crippen LogP contribution in [-0.2, 0) is 6.54 Å². The van der Waals surface area contributed by atoms with E-state index in [0.717, 1.165) is 44.7 Å². The van der Waals surface area contributed by atoms with Gasteiger partial charge in [-0.15, -0.1) is 0 Å². The smallest absolute Gasteiger partial charge is 0.163 e. The molecule has 0 unspecified atom stereocenters. The van der Waals surface area contributed by atoms with Crippen molar-refractivity contribution in [2.24, 2.45) is 9.98 Å². The molecule has 0 fully saturated rings. The Balaban J connectivity index is 1.65. The standard InChI is InChI=1S/C30H25N7/c1-3-15-34-28(31-2)22-17-23(19-32-18-22)29-36-26-14-9-13-25(21-10-5-4-6-11-21)27(26)30(37-29)35-20-24-12-7-8-16-33-24/h3-19H,1,20H2,2H3,(H,35,36,37)/b31-28-,34-15-. The summed E-state index contributed by atoms with van der Waals surface area (Å²) in [6.45, 7) is 4.21. The lowest BCUT2D eigenvalue weighted by Crippen LogP contribution is -2.06. The molecule has 0 aliphatic carbocycles. The monoisotopic (exact) mass is 483 g/mol. The van der Waals surface area contributed by atoms with E-state index in [-0.39, 0.29) is 0 Å². The molecule has 1 N–H and O–H groups in total. The molecule has 3 aromatic heterocycles. The van der Waals surface area contributed by atoms with Gasteiger partial charge in [0.15, 0.2) is 11.7 Å². The normalized spacial score (nSPS) is 11.6. The zero-order valence-corrected chi connectivity index (χ0v) is 20.4. The van der Waals surface area contributed by atoms with Crippen LogP contribution in [-0.4, -0.2) is 39.0 Å². The molecule has 0 radical (unpaired) electrons.